The molecule has 1 aromatic rings. The highest BCUT2D eigenvalue weighted by molar-refractivity contribution is 5.31. The number of hydrogen-bond acceptors (Lipinski definition) is 2. The summed E-state index contributed by atoms with van der Waals surface area (Å²) in [5.41, 5.74) is 3.11. The van der Waals surface area contributed by atoms with E-state index in [1.54, 1.807) is 11.1 Å². The Morgan fingerprint density at radius 3 is 2.81 bits per heavy atom. The number of unbranched alkanes of at least 4 members (excludes halogenated alkanes) is 1. The van der Waals surface area contributed by atoms with Crippen molar-refractivity contribution in [3.63, 3.8) is 0 Å². The normalized spacial score (nSPS) is 18.8. The van der Waals surface area contributed by atoms with E-state index in [4.69, 9.17) is 0 Å². The van der Waals surface area contributed by atoms with Gasteiger partial charge >= 0.3 is 0 Å². The third-order valence-corrected chi connectivity index (χ3v) is 4.83. The Labute approximate surface area is 130 Å². The molecule has 0 bridgehead atoms. The Kier molecular flexibility index (Phi) is 6.72. The molecule has 1 N–H and O–H groups in total. The van der Waals surface area contributed by atoms with Crippen molar-refractivity contribution in [2.24, 2.45) is 0 Å². The van der Waals surface area contributed by atoms with Crippen LogP contribution in [0.5, 0.6) is 0 Å². The van der Waals surface area contributed by atoms with Gasteiger partial charge in [-0.3, -0.25) is 0 Å². The topological polar surface area (TPSA) is 15.3 Å². The molecule has 2 heteroatoms. The highest BCUT2D eigenvalue weighted by atomic mass is 15.1. The minimum Gasteiger partial charge on any atom is -0.310 e. The van der Waals surface area contributed by atoms with E-state index in [1.807, 2.05) is 0 Å². The van der Waals surface area contributed by atoms with E-state index in [1.165, 1.54) is 45.1 Å². The monoisotopic (exact) mass is 288 g/mol. The molecule has 0 aromatic heterocycles. The lowest BCUT2D eigenvalue weighted by molar-refractivity contribution is 0.267. The number of aryl methyl sites for hydroxylation is 1. The van der Waals surface area contributed by atoms with Crippen molar-refractivity contribution in [3.8, 4) is 0 Å². The van der Waals surface area contributed by atoms with Crippen LogP contribution in [0.25, 0.3) is 0 Å². The molecule has 1 aliphatic carbocycles. The third-order valence-electron chi connectivity index (χ3n) is 4.83. The fourth-order valence-electron chi connectivity index (χ4n) is 3.15. The highest BCUT2D eigenvalue weighted by Crippen LogP contribution is 2.28. The molecule has 1 aliphatic rings. The van der Waals surface area contributed by atoms with Gasteiger partial charge in [0.25, 0.3) is 0 Å². The van der Waals surface area contributed by atoms with Gasteiger partial charge in [-0.1, -0.05) is 30.7 Å². The second-order valence-electron chi connectivity index (χ2n) is 6.73. The van der Waals surface area contributed by atoms with Crippen LogP contribution in [-0.2, 0) is 6.42 Å². The van der Waals surface area contributed by atoms with Crippen LogP contribution in [0.4, 0.5) is 0 Å². The lowest BCUT2D eigenvalue weighted by Gasteiger charge is -2.22. The first-order valence-corrected chi connectivity index (χ1v) is 8.70. The molecule has 0 radical (unpaired) electrons. The fraction of sp³-hybridized carbons (Fsp3) is 0.684. The smallest absolute Gasteiger partial charge is 0.0322 e. The lowest BCUT2D eigenvalue weighted by atomic mass is 9.99. The van der Waals surface area contributed by atoms with Crippen LogP contribution >= 0.6 is 0 Å². The molecule has 0 fully saturated rings. The predicted molar refractivity (Wildman–Crippen MR) is 91.7 cm³/mol. The molecule has 1 aromatic carbocycles. The predicted octanol–water partition coefficient (Wildman–Crippen LogP) is 4.16. The van der Waals surface area contributed by atoms with Gasteiger partial charge in [0.05, 0.1) is 0 Å². The summed E-state index contributed by atoms with van der Waals surface area (Å²) < 4.78 is 0. The van der Waals surface area contributed by atoms with E-state index in [0.717, 1.165) is 6.54 Å². The van der Waals surface area contributed by atoms with Crippen molar-refractivity contribution in [2.45, 2.75) is 64.5 Å². The largest absolute Gasteiger partial charge is 0.310 e. The van der Waals surface area contributed by atoms with Crippen LogP contribution in [0.15, 0.2) is 24.3 Å². The Balaban J connectivity index is 1.76. The molecule has 0 spiro atoms. The Hall–Kier alpha value is -0.860. The molecule has 2 nitrogen and oxygen atoms in total. The summed E-state index contributed by atoms with van der Waals surface area (Å²) >= 11 is 0. The molecular weight excluding hydrogens is 256 g/mol. The summed E-state index contributed by atoms with van der Waals surface area (Å²) in [5.74, 6) is 0. The molecular formula is C19H32N2. The first-order valence-electron chi connectivity index (χ1n) is 8.70. The van der Waals surface area contributed by atoms with E-state index in [-0.39, 0.29) is 0 Å². The number of fused-ring (bicyclic) bond motifs is 1. The minimum absolute atomic E-state index is 0.575. The molecule has 0 saturated carbocycles. The van der Waals surface area contributed by atoms with Gasteiger partial charge in [-0.25, -0.2) is 0 Å². The van der Waals surface area contributed by atoms with Gasteiger partial charge in [-0.05, 0) is 77.2 Å². The molecule has 1 atom stereocenters. The number of nitrogens with zero attached hydrogens (tertiary/aromatic N) is 1. The molecule has 1 unspecified atom stereocenters. The van der Waals surface area contributed by atoms with Gasteiger partial charge in [0.15, 0.2) is 0 Å². The van der Waals surface area contributed by atoms with Crippen molar-refractivity contribution >= 4 is 0 Å². The molecule has 21 heavy (non-hydrogen) atoms. The number of nitrogens with one attached hydrogen (secondary N) is 1. The van der Waals surface area contributed by atoms with Gasteiger partial charge in [-0.2, -0.15) is 0 Å². The van der Waals surface area contributed by atoms with Crippen LogP contribution in [-0.4, -0.2) is 31.1 Å². The quantitative estimate of drug-likeness (QED) is 0.598. The first kappa shape index (κ1) is 16.5. The molecule has 0 aliphatic heterocycles. The first-order chi connectivity index (χ1) is 10.2. The zero-order valence-electron chi connectivity index (χ0n) is 14.1. The minimum atomic E-state index is 0.575. The third kappa shape index (κ3) is 5.12. The van der Waals surface area contributed by atoms with E-state index in [9.17, 15) is 0 Å². The second kappa shape index (κ2) is 8.55. The maximum Gasteiger partial charge on any atom is 0.0322 e. The Bertz CT molecular complexity index is 414. The summed E-state index contributed by atoms with van der Waals surface area (Å²) in [6.07, 6.45) is 7.80. The summed E-state index contributed by atoms with van der Waals surface area (Å²) in [7, 11) is 2.22. The number of hydrogen-bond donors (Lipinski definition) is 1. The average Bonchev–Trinajstić information content (AvgIpc) is 2.69. The van der Waals surface area contributed by atoms with Gasteiger partial charge in [-0.15, -0.1) is 0 Å². The fourth-order valence-corrected chi connectivity index (χ4v) is 3.15. The Morgan fingerprint density at radius 2 is 2.00 bits per heavy atom. The van der Waals surface area contributed by atoms with Gasteiger partial charge < -0.3 is 10.2 Å². The zero-order chi connectivity index (χ0) is 15.1. The molecule has 0 saturated heterocycles. The van der Waals surface area contributed by atoms with Crippen LogP contribution in [0.1, 0.15) is 63.1 Å². The standard InChI is InChI=1S/C19H32N2/c1-16(2)21(3)15-9-8-14-20-19-13-7-5-11-17-10-4-6-12-18(17)19/h4,6,10,12,16,19-20H,5,7-9,11,13-15H2,1-3H3. The summed E-state index contributed by atoms with van der Waals surface area (Å²) in [6, 6.07) is 10.2. The van der Waals surface area contributed by atoms with Crippen molar-refractivity contribution < 1.29 is 0 Å². The molecule has 2 rings (SSSR count). The summed E-state index contributed by atoms with van der Waals surface area (Å²) in [5, 5.41) is 3.80. The van der Waals surface area contributed by atoms with Crippen LogP contribution < -0.4 is 5.32 Å². The van der Waals surface area contributed by atoms with Crippen molar-refractivity contribution in [3.05, 3.63) is 35.4 Å². The molecule has 118 valence electrons. The van der Waals surface area contributed by atoms with Gasteiger partial charge in [0, 0.05) is 12.1 Å². The Morgan fingerprint density at radius 1 is 1.19 bits per heavy atom. The van der Waals surface area contributed by atoms with Crippen LogP contribution in [0.2, 0.25) is 0 Å². The number of rotatable bonds is 7. The highest BCUT2D eigenvalue weighted by Gasteiger charge is 2.17. The van der Waals surface area contributed by atoms with Crippen molar-refractivity contribution in [1.29, 1.82) is 0 Å². The summed E-state index contributed by atoms with van der Waals surface area (Å²) in [6.45, 7) is 6.88. The van der Waals surface area contributed by atoms with Crippen LogP contribution in [0, 0.1) is 0 Å². The van der Waals surface area contributed by atoms with E-state index < -0.39 is 0 Å². The maximum absolute atomic E-state index is 3.80. The van der Waals surface area contributed by atoms with Crippen molar-refractivity contribution in [1.82, 2.24) is 10.2 Å². The second-order valence-corrected chi connectivity index (χ2v) is 6.73. The molecule has 0 amide bonds. The van der Waals surface area contributed by atoms with E-state index in [0.29, 0.717) is 12.1 Å². The zero-order valence-corrected chi connectivity index (χ0v) is 14.1. The lowest BCUT2D eigenvalue weighted by Crippen LogP contribution is -2.28. The molecule has 0 heterocycles. The summed E-state index contributed by atoms with van der Waals surface area (Å²) in [4.78, 5) is 2.43. The van der Waals surface area contributed by atoms with E-state index >= 15 is 0 Å². The maximum atomic E-state index is 3.80. The SMILES string of the molecule is CC(C)N(C)CCCCNC1CCCCc2ccccc21. The van der Waals surface area contributed by atoms with Gasteiger partial charge in [0.1, 0.15) is 0 Å². The number of benzene rings is 1. The van der Waals surface area contributed by atoms with E-state index in [2.05, 4.69) is 55.4 Å². The average molecular weight is 288 g/mol. The van der Waals surface area contributed by atoms with Gasteiger partial charge in [0.2, 0.25) is 0 Å². The van der Waals surface area contributed by atoms with Crippen molar-refractivity contribution in [2.75, 3.05) is 20.1 Å². The van der Waals surface area contributed by atoms with Crippen LogP contribution in [0.3, 0.4) is 0 Å².